The van der Waals surface area contributed by atoms with E-state index in [0.29, 0.717) is 11.8 Å². The van der Waals surface area contributed by atoms with Gasteiger partial charge in [-0.25, -0.2) is 0 Å². The van der Waals surface area contributed by atoms with E-state index in [2.05, 4.69) is 106 Å². The molecule has 0 N–H and O–H groups in total. The molecule has 0 heterocycles. The molecule has 2 aromatic carbocycles. The van der Waals surface area contributed by atoms with Gasteiger partial charge in [0.05, 0.1) is 7.11 Å². The standard InChI is InChI=1S/C17H28.C12H18O.CH4/c1-12(2)13-9-14(16(3,4)5)11-15(10-13)17(6,7)8;1-5-10-7-6-8-11(13-4)12(10)9(2)3;/h9-12H,1-8H3;6-9H,5H2,1-4H3;1H4. The molecule has 2 aromatic rings. The van der Waals surface area contributed by atoms with Gasteiger partial charge in [-0.05, 0) is 63.0 Å². The Hall–Kier alpha value is -1.76. The van der Waals surface area contributed by atoms with Crippen molar-refractivity contribution in [3.05, 3.63) is 64.2 Å². The monoisotopic (exact) mass is 426 g/mol. The lowest BCUT2D eigenvalue weighted by Gasteiger charge is -2.27. The van der Waals surface area contributed by atoms with Crippen LogP contribution in [0, 0.1) is 0 Å². The van der Waals surface area contributed by atoms with E-state index >= 15 is 0 Å². The molecule has 0 aromatic heterocycles. The van der Waals surface area contributed by atoms with E-state index in [1.54, 1.807) is 7.11 Å². The van der Waals surface area contributed by atoms with Gasteiger partial charge in [-0.3, -0.25) is 0 Å². The maximum Gasteiger partial charge on any atom is 0.122 e. The summed E-state index contributed by atoms with van der Waals surface area (Å²) in [5.41, 5.74) is 7.57. The van der Waals surface area contributed by atoms with E-state index in [1.165, 1.54) is 27.8 Å². The summed E-state index contributed by atoms with van der Waals surface area (Å²) in [4.78, 5) is 0. The summed E-state index contributed by atoms with van der Waals surface area (Å²) in [6.07, 6.45) is 1.07. The summed E-state index contributed by atoms with van der Waals surface area (Å²) in [6.45, 7) is 24.9. The maximum absolute atomic E-state index is 5.35. The lowest BCUT2D eigenvalue weighted by Crippen LogP contribution is -2.17. The molecule has 0 spiro atoms. The van der Waals surface area contributed by atoms with Crippen molar-refractivity contribution >= 4 is 0 Å². The molecule has 31 heavy (non-hydrogen) atoms. The average molecular weight is 427 g/mol. The number of aryl methyl sites for hydroxylation is 1. The Morgan fingerprint density at radius 1 is 0.774 bits per heavy atom. The van der Waals surface area contributed by atoms with Crippen molar-refractivity contribution in [1.29, 1.82) is 0 Å². The topological polar surface area (TPSA) is 9.23 Å². The molecule has 0 fully saturated rings. The molecule has 1 heteroatoms. The first-order chi connectivity index (χ1) is 13.7. The Labute approximate surface area is 194 Å². The van der Waals surface area contributed by atoms with Crippen molar-refractivity contribution in [3.63, 3.8) is 0 Å². The SMILES string of the molecule is C.CC(C)c1cc(C(C)(C)C)cc(C(C)(C)C)c1.CCc1cccc(OC)c1C(C)C. The summed E-state index contributed by atoms with van der Waals surface area (Å²) < 4.78 is 5.35. The van der Waals surface area contributed by atoms with Crippen molar-refractivity contribution in [2.75, 3.05) is 7.11 Å². The maximum atomic E-state index is 5.35. The second-order valence-corrected chi connectivity index (χ2v) is 11.0. The van der Waals surface area contributed by atoms with Crippen LogP contribution < -0.4 is 4.74 Å². The molecule has 0 aliphatic carbocycles. The first-order valence-electron chi connectivity index (χ1n) is 11.5. The average Bonchev–Trinajstić information content (AvgIpc) is 2.65. The van der Waals surface area contributed by atoms with Crippen molar-refractivity contribution in [1.82, 2.24) is 0 Å². The van der Waals surface area contributed by atoms with Crippen LogP contribution >= 0.6 is 0 Å². The van der Waals surface area contributed by atoms with Crippen molar-refractivity contribution in [3.8, 4) is 5.75 Å². The minimum atomic E-state index is 0. The minimum absolute atomic E-state index is 0. The molecule has 0 bridgehead atoms. The largest absolute Gasteiger partial charge is 0.496 e. The van der Waals surface area contributed by atoms with E-state index in [0.717, 1.165) is 12.2 Å². The first-order valence-corrected chi connectivity index (χ1v) is 11.5. The highest BCUT2D eigenvalue weighted by Crippen LogP contribution is 2.32. The number of benzene rings is 2. The van der Waals surface area contributed by atoms with Crippen LogP contribution in [0.15, 0.2) is 36.4 Å². The predicted molar refractivity (Wildman–Crippen MR) is 141 cm³/mol. The van der Waals surface area contributed by atoms with Crippen molar-refractivity contribution in [2.45, 2.75) is 113 Å². The molecule has 0 aliphatic heterocycles. The summed E-state index contributed by atoms with van der Waals surface area (Å²) in [5.74, 6) is 2.15. The molecule has 0 aliphatic rings. The van der Waals surface area contributed by atoms with Gasteiger partial charge in [-0.2, -0.15) is 0 Å². The van der Waals surface area contributed by atoms with Crippen LogP contribution in [0.4, 0.5) is 0 Å². The number of hydrogen-bond acceptors (Lipinski definition) is 1. The van der Waals surface area contributed by atoms with Gasteiger partial charge in [0.1, 0.15) is 5.75 Å². The molecule has 0 radical (unpaired) electrons. The fraction of sp³-hybridized carbons (Fsp3) is 0.600. The first kappa shape index (κ1) is 29.2. The van der Waals surface area contributed by atoms with E-state index in [-0.39, 0.29) is 18.3 Å². The molecular weight excluding hydrogens is 376 g/mol. The Morgan fingerprint density at radius 2 is 1.26 bits per heavy atom. The van der Waals surface area contributed by atoms with Crippen LogP contribution in [-0.4, -0.2) is 7.11 Å². The lowest BCUT2D eigenvalue weighted by atomic mass is 9.78. The number of ether oxygens (including phenoxy) is 1. The zero-order valence-corrected chi connectivity index (χ0v) is 21.7. The summed E-state index contributed by atoms with van der Waals surface area (Å²) in [5, 5.41) is 0. The highest BCUT2D eigenvalue weighted by Gasteiger charge is 2.21. The molecule has 0 amide bonds. The molecule has 0 unspecified atom stereocenters. The van der Waals surface area contributed by atoms with E-state index in [1.807, 2.05) is 6.07 Å². The highest BCUT2D eigenvalue weighted by atomic mass is 16.5. The van der Waals surface area contributed by atoms with E-state index in [9.17, 15) is 0 Å². The Bertz CT molecular complexity index is 744. The Balaban J connectivity index is 0.000000581. The molecule has 1 nitrogen and oxygen atoms in total. The zero-order valence-electron chi connectivity index (χ0n) is 21.7. The fourth-order valence-electron chi connectivity index (χ4n) is 3.58. The van der Waals surface area contributed by atoms with Crippen LogP contribution in [0.25, 0.3) is 0 Å². The van der Waals surface area contributed by atoms with Gasteiger partial charge in [0.2, 0.25) is 0 Å². The van der Waals surface area contributed by atoms with E-state index < -0.39 is 0 Å². The minimum Gasteiger partial charge on any atom is -0.496 e. The third-order valence-corrected chi connectivity index (χ3v) is 5.69. The van der Waals surface area contributed by atoms with Crippen LogP contribution in [0.2, 0.25) is 0 Å². The summed E-state index contributed by atoms with van der Waals surface area (Å²) >= 11 is 0. The van der Waals surface area contributed by atoms with Gasteiger partial charge < -0.3 is 4.74 Å². The van der Waals surface area contributed by atoms with Gasteiger partial charge in [0, 0.05) is 0 Å². The number of methoxy groups -OCH3 is 1. The normalized spacial score (nSPS) is 11.7. The smallest absolute Gasteiger partial charge is 0.122 e. The van der Waals surface area contributed by atoms with Crippen LogP contribution in [0.1, 0.15) is 123 Å². The van der Waals surface area contributed by atoms with Gasteiger partial charge in [-0.1, -0.05) is 114 Å². The Kier molecular flexibility index (Phi) is 11.1. The Morgan fingerprint density at radius 3 is 1.58 bits per heavy atom. The zero-order chi connectivity index (χ0) is 23.3. The van der Waals surface area contributed by atoms with E-state index in [4.69, 9.17) is 4.74 Å². The second kappa shape index (κ2) is 11.7. The van der Waals surface area contributed by atoms with Crippen molar-refractivity contribution in [2.24, 2.45) is 0 Å². The fourth-order valence-corrected chi connectivity index (χ4v) is 3.58. The predicted octanol–water partition coefficient (Wildman–Crippen LogP) is 9.42. The number of rotatable bonds is 4. The van der Waals surface area contributed by atoms with Crippen LogP contribution in [0.5, 0.6) is 5.75 Å². The summed E-state index contributed by atoms with van der Waals surface area (Å²) in [6, 6.07) is 13.4. The lowest BCUT2D eigenvalue weighted by molar-refractivity contribution is 0.406. The highest BCUT2D eigenvalue weighted by molar-refractivity contribution is 5.42. The summed E-state index contributed by atoms with van der Waals surface area (Å²) in [7, 11) is 1.74. The third-order valence-electron chi connectivity index (χ3n) is 5.69. The van der Waals surface area contributed by atoms with Crippen LogP contribution in [0.3, 0.4) is 0 Å². The molecule has 176 valence electrons. The van der Waals surface area contributed by atoms with Crippen LogP contribution in [-0.2, 0) is 17.3 Å². The molecule has 0 saturated heterocycles. The van der Waals surface area contributed by atoms with Crippen molar-refractivity contribution < 1.29 is 4.74 Å². The molecular formula is C30H50O. The number of hydrogen-bond donors (Lipinski definition) is 0. The second-order valence-electron chi connectivity index (χ2n) is 11.0. The van der Waals surface area contributed by atoms with Gasteiger partial charge in [0.25, 0.3) is 0 Å². The molecule has 0 atom stereocenters. The van der Waals surface area contributed by atoms with Gasteiger partial charge >= 0.3 is 0 Å². The third kappa shape index (κ3) is 8.36. The van der Waals surface area contributed by atoms with Gasteiger partial charge in [-0.15, -0.1) is 0 Å². The van der Waals surface area contributed by atoms with Gasteiger partial charge in [0.15, 0.2) is 0 Å². The molecule has 2 rings (SSSR count). The molecule has 0 saturated carbocycles. The quantitative estimate of drug-likeness (QED) is 0.473.